The number of aromatic nitrogens is 4. The maximum absolute atomic E-state index is 13.4. The molecule has 5 rings (SSSR count). The van der Waals surface area contributed by atoms with E-state index in [-0.39, 0.29) is 27.4 Å². The Balaban J connectivity index is 1.55. The van der Waals surface area contributed by atoms with Crippen LogP contribution in [0.2, 0.25) is 0 Å². The molecule has 4 heterocycles. The fourth-order valence-electron chi connectivity index (χ4n) is 4.15. The molecule has 0 radical (unpaired) electrons. The number of nitrogens with one attached hydrogen (secondary N) is 1. The molecule has 10 nitrogen and oxygen atoms in total. The molecule has 13 heteroatoms. The van der Waals surface area contributed by atoms with Crippen molar-refractivity contribution >= 4 is 49.1 Å². The van der Waals surface area contributed by atoms with E-state index in [1.54, 1.807) is 0 Å². The number of anilines is 2. The average Bonchev–Trinajstić information content (AvgIpc) is 3.47. The van der Waals surface area contributed by atoms with Crippen molar-refractivity contribution in [3.05, 3.63) is 23.6 Å². The first-order valence-corrected chi connectivity index (χ1v) is 13.1. The van der Waals surface area contributed by atoms with Crippen LogP contribution >= 0.6 is 11.3 Å². The summed E-state index contributed by atoms with van der Waals surface area (Å²) in [6.45, 7) is 1.21. The monoisotopic (exact) mass is 494 g/mol. The van der Waals surface area contributed by atoms with Crippen molar-refractivity contribution in [1.82, 2.24) is 19.7 Å². The van der Waals surface area contributed by atoms with Crippen molar-refractivity contribution < 1.29 is 22.3 Å². The summed E-state index contributed by atoms with van der Waals surface area (Å²) in [4.78, 5) is 21.6. The molecular formula is C20H23FN6O4S2. The second kappa shape index (κ2) is 8.61. The van der Waals surface area contributed by atoms with Crippen LogP contribution in [-0.4, -0.2) is 52.5 Å². The number of carbonyl (C=O) groups is 1. The molecule has 3 N–H and O–H groups in total. The van der Waals surface area contributed by atoms with Gasteiger partial charge in [0.15, 0.2) is 25.7 Å². The molecule has 2 aliphatic rings. The largest absolute Gasteiger partial charge is 0.384 e. The first kappa shape index (κ1) is 22.2. The Kier molecular flexibility index (Phi) is 5.79. The lowest BCUT2D eigenvalue weighted by Gasteiger charge is -2.26. The highest BCUT2D eigenvalue weighted by molar-refractivity contribution is 7.92. The van der Waals surface area contributed by atoms with Gasteiger partial charge in [-0.2, -0.15) is 9.49 Å². The Labute approximate surface area is 193 Å². The molecule has 1 saturated heterocycles. The number of rotatable bonds is 7. The van der Waals surface area contributed by atoms with Crippen molar-refractivity contribution in [1.29, 1.82) is 0 Å². The van der Waals surface area contributed by atoms with Gasteiger partial charge in [-0.05, 0) is 44.1 Å². The summed E-state index contributed by atoms with van der Waals surface area (Å²) in [6, 6.07) is 0.539. The molecule has 3 aromatic rings. The number of fused-ring (bicyclic) bond motifs is 1. The molecule has 33 heavy (non-hydrogen) atoms. The number of hydrogen-bond donors (Lipinski definition) is 2. The summed E-state index contributed by atoms with van der Waals surface area (Å²) in [5.41, 5.74) is 6.20. The molecular weight excluding hydrogens is 471 g/mol. The zero-order chi connectivity index (χ0) is 23.2. The molecule has 0 aromatic carbocycles. The third-order valence-corrected chi connectivity index (χ3v) is 9.02. The minimum absolute atomic E-state index is 0.0377. The summed E-state index contributed by atoms with van der Waals surface area (Å²) in [6.07, 6.45) is 5.68. The molecule has 1 saturated carbocycles. The van der Waals surface area contributed by atoms with Crippen LogP contribution in [0.15, 0.2) is 23.4 Å². The van der Waals surface area contributed by atoms with Crippen molar-refractivity contribution in [2.75, 3.05) is 24.3 Å². The Morgan fingerprint density at radius 3 is 2.73 bits per heavy atom. The van der Waals surface area contributed by atoms with E-state index in [9.17, 15) is 17.6 Å². The van der Waals surface area contributed by atoms with Crippen LogP contribution in [0, 0.1) is 11.0 Å². The fourth-order valence-corrected chi connectivity index (χ4v) is 6.54. The van der Waals surface area contributed by atoms with E-state index >= 15 is 0 Å². The summed E-state index contributed by atoms with van der Waals surface area (Å²) < 4.78 is 46.2. The molecule has 176 valence electrons. The zero-order valence-electron chi connectivity index (χ0n) is 17.6. The smallest absolute Gasteiger partial charge is 0.251 e. The van der Waals surface area contributed by atoms with Gasteiger partial charge in [0, 0.05) is 13.2 Å². The quantitative estimate of drug-likeness (QED) is 0.510. The number of nitrogens with zero attached hydrogens (tertiary/aromatic N) is 4. The van der Waals surface area contributed by atoms with Crippen LogP contribution in [-0.2, 0) is 19.4 Å². The standard InChI is InChI=1S/C20H23FN6O4S2/c21-16-10-23-20(32-16)26-19(28)14(7-11-3-5-31-6-4-11)27-18-13(9-24-27)15(8-17(22)25-18)33(29,30)12-1-2-12/h8-12,14H,1-7H2,(H2,22,25)(H,23,26,28)/t14-/m0/s1. The van der Waals surface area contributed by atoms with E-state index in [0.717, 1.165) is 30.4 Å². The number of hydrogen-bond acceptors (Lipinski definition) is 9. The third kappa shape index (κ3) is 4.44. The van der Waals surface area contributed by atoms with Gasteiger partial charge in [0.25, 0.3) is 5.91 Å². The van der Waals surface area contributed by atoms with Gasteiger partial charge in [0.1, 0.15) is 11.9 Å². The fraction of sp³-hybridized carbons (Fsp3) is 0.500. The number of sulfone groups is 1. The summed E-state index contributed by atoms with van der Waals surface area (Å²) in [7, 11) is -3.56. The van der Waals surface area contributed by atoms with Crippen LogP contribution in [0.4, 0.5) is 15.3 Å². The number of nitrogen functional groups attached to an aromatic ring is 1. The number of nitrogens with two attached hydrogens (primary N) is 1. The van der Waals surface area contributed by atoms with E-state index in [1.807, 2.05) is 0 Å². The van der Waals surface area contributed by atoms with Gasteiger partial charge < -0.3 is 15.8 Å². The van der Waals surface area contributed by atoms with Gasteiger partial charge >= 0.3 is 0 Å². The topological polar surface area (TPSA) is 142 Å². The Morgan fingerprint density at radius 1 is 1.30 bits per heavy atom. The van der Waals surface area contributed by atoms with Crippen LogP contribution in [0.25, 0.3) is 11.0 Å². The molecule has 0 spiro atoms. The average molecular weight is 495 g/mol. The van der Waals surface area contributed by atoms with Crippen molar-refractivity contribution in [2.24, 2.45) is 5.92 Å². The van der Waals surface area contributed by atoms with Crippen LogP contribution < -0.4 is 11.1 Å². The lowest BCUT2D eigenvalue weighted by Crippen LogP contribution is -2.30. The lowest BCUT2D eigenvalue weighted by molar-refractivity contribution is -0.120. The molecule has 1 aliphatic heterocycles. The highest BCUT2D eigenvalue weighted by atomic mass is 32.2. The zero-order valence-corrected chi connectivity index (χ0v) is 19.2. The van der Waals surface area contributed by atoms with Gasteiger partial charge in [-0.3, -0.25) is 4.79 Å². The van der Waals surface area contributed by atoms with Crippen LogP contribution in [0.1, 0.15) is 38.1 Å². The van der Waals surface area contributed by atoms with E-state index < -0.39 is 32.2 Å². The highest BCUT2D eigenvalue weighted by Gasteiger charge is 2.39. The van der Waals surface area contributed by atoms with E-state index in [0.29, 0.717) is 37.9 Å². The summed E-state index contributed by atoms with van der Waals surface area (Å²) in [5.74, 6) is -0.204. The van der Waals surface area contributed by atoms with Crippen LogP contribution in [0.3, 0.4) is 0 Å². The Bertz CT molecular complexity index is 1300. The lowest BCUT2D eigenvalue weighted by atomic mass is 9.92. The molecule has 1 atom stereocenters. The number of pyridine rings is 1. The van der Waals surface area contributed by atoms with E-state index in [1.165, 1.54) is 16.9 Å². The molecule has 0 unspecified atom stereocenters. The Hall–Kier alpha value is -2.64. The van der Waals surface area contributed by atoms with Crippen molar-refractivity contribution in [2.45, 2.75) is 48.3 Å². The molecule has 1 amide bonds. The first-order chi connectivity index (χ1) is 15.8. The number of ether oxygens (including phenoxy) is 1. The number of amides is 1. The number of thiazole rings is 1. The minimum atomic E-state index is -3.56. The second-order valence-corrected chi connectivity index (χ2v) is 11.6. The normalized spacial score (nSPS) is 18.5. The van der Waals surface area contributed by atoms with Gasteiger partial charge in [-0.1, -0.05) is 11.3 Å². The van der Waals surface area contributed by atoms with E-state index in [4.69, 9.17) is 10.5 Å². The van der Waals surface area contributed by atoms with Gasteiger partial charge in [0.05, 0.1) is 27.9 Å². The van der Waals surface area contributed by atoms with Gasteiger partial charge in [-0.25, -0.2) is 23.1 Å². The molecule has 1 aliphatic carbocycles. The van der Waals surface area contributed by atoms with Gasteiger partial charge in [0.2, 0.25) is 0 Å². The predicted octanol–water partition coefficient (Wildman–Crippen LogP) is 2.54. The second-order valence-electron chi connectivity index (χ2n) is 8.38. The SMILES string of the molecule is Nc1cc(S(=O)(=O)C2CC2)c2cnn([C@@H](CC3CCOCC3)C(=O)Nc3ncc(F)s3)c2n1. The van der Waals surface area contributed by atoms with E-state index in [2.05, 4.69) is 20.4 Å². The van der Waals surface area contributed by atoms with Crippen molar-refractivity contribution in [3.63, 3.8) is 0 Å². The predicted molar refractivity (Wildman–Crippen MR) is 120 cm³/mol. The highest BCUT2D eigenvalue weighted by Crippen LogP contribution is 2.38. The maximum atomic E-state index is 13.4. The third-order valence-electron chi connectivity index (χ3n) is 6.02. The van der Waals surface area contributed by atoms with Gasteiger partial charge in [-0.15, -0.1) is 0 Å². The number of carbonyl (C=O) groups excluding carboxylic acids is 1. The first-order valence-electron chi connectivity index (χ1n) is 10.7. The molecule has 3 aromatic heterocycles. The van der Waals surface area contributed by atoms with Crippen molar-refractivity contribution in [3.8, 4) is 0 Å². The number of halogens is 1. The molecule has 2 fully saturated rings. The Morgan fingerprint density at radius 2 is 2.06 bits per heavy atom. The van der Waals surface area contributed by atoms with Crippen LogP contribution in [0.5, 0.6) is 0 Å². The maximum Gasteiger partial charge on any atom is 0.251 e. The molecule has 0 bridgehead atoms. The summed E-state index contributed by atoms with van der Waals surface area (Å²) in [5, 5.41) is 6.56. The minimum Gasteiger partial charge on any atom is -0.384 e. The summed E-state index contributed by atoms with van der Waals surface area (Å²) >= 11 is 0.724.